The maximum Gasteiger partial charge on any atom is 0.408 e. The number of hydrogen-bond acceptors (Lipinski definition) is 4. The van der Waals surface area contributed by atoms with Crippen LogP contribution in [0.5, 0.6) is 0 Å². The maximum atomic E-state index is 13.1. The molecular weight excluding hydrogens is 408 g/mol. The Balaban J connectivity index is 2.08. The van der Waals surface area contributed by atoms with E-state index in [9.17, 15) is 9.59 Å². The molecule has 5 nitrogen and oxygen atoms in total. The highest BCUT2D eigenvalue weighted by Crippen LogP contribution is 2.20. The Morgan fingerprint density at radius 2 is 1.52 bits per heavy atom. The highest BCUT2D eigenvalue weighted by molar-refractivity contribution is 7.99. The van der Waals surface area contributed by atoms with Crippen molar-refractivity contribution in [3.8, 4) is 0 Å². The average molecular weight is 443 g/mol. The van der Waals surface area contributed by atoms with Gasteiger partial charge in [0.15, 0.2) is 0 Å². The van der Waals surface area contributed by atoms with Gasteiger partial charge in [-0.05, 0) is 50.8 Å². The zero-order valence-corrected chi connectivity index (χ0v) is 19.9. The Bertz CT molecular complexity index is 820. The summed E-state index contributed by atoms with van der Waals surface area (Å²) in [6.07, 6.45) is 0.128. The number of thioether (sulfide) groups is 1. The predicted molar refractivity (Wildman–Crippen MR) is 127 cm³/mol. The van der Waals surface area contributed by atoms with E-state index in [4.69, 9.17) is 4.74 Å². The molecule has 0 saturated carbocycles. The number of carbonyl (C=O) groups excluding carboxylic acids is 2. The first kappa shape index (κ1) is 24.8. The van der Waals surface area contributed by atoms with Gasteiger partial charge in [0.2, 0.25) is 5.91 Å². The van der Waals surface area contributed by atoms with Gasteiger partial charge in [0.05, 0.1) is 0 Å². The van der Waals surface area contributed by atoms with Crippen molar-refractivity contribution in [2.45, 2.75) is 63.6 Å². The lowest BCUT2D eigenvalue weighted by Crippen LogP contribution is -2.53. The summed E-state index contributed by atoms with van der Waals surface area (Å²) < 4.78 is 5.34. The second-order valence-electron chi connectivity index (χ2n) is 8.89. The molecular formula is C25H34N2O3S. The van der Waals surface area contributed by atoms with E-state index in [1.165, 1.54) is 0 Å². The summed E-state index contributed by atoms with van der Waals surface area (Å²) in [5.41, 5.74) is 0.534. The summed E-state index contributed by atoms with van der Waals surface area (Å²) in [5, 5.41) is 5.89. The van der Waals surface area contributed by atoms with Crippen LogP contribution in [0.4, 0.5) is 4.79 Å². The van der Waals surface area contributed by atoms with E-state index in [-0.39, 0.29) is 17.9 Å². The topological polar surface area (TPSA) is 67.4 Å². The van der Waals surface area contributed by atoms with E-state index in [2.05, 4.69) is 34.9 Å². The number of amides is 2. The minimum absolute atomic E-state index is 0.0772. The van der Waals surface area contributed by atoms with E-state index in [1.54, 1.807) is 32.5 Å². The second kappa shape index (κ2) is 11.8. The molecule has 0 aliphatic rings. The lowest BCUT2D eigenvalue weighted by Gasteiger charge is -2.27. The summed E-state index contributed by atoms with van der Waals surface area (Å²) >= 11 is 1.70. The molecule has 31 heavy (non-hydrogen) atoms. The van der Waals surface area contributed by atoms with Crippen LogP contribution in [0.25, 0.3) is 0 Å². The van der Waals surface area contributed by atoms with Gasteiger partial charge in [-0.25, -0.2) is 4.79 Å². The Labute approximate surface area is 190 Å². The summed E-state index contributed by atoms with van der Waals surface area (Å²) in [4.78, 5) is 26.5. The van der Waals surface area contributed by atoms with Gasteiger partial charge in [-0.1, -0.05) is 62.4 Å². The lowest BCUT2D eigenvalue weighted by molar-refractivity contribution is -0.124. The summed E-state index contributed by atoms with van der Waals surface area (Å²) in [6.45, 7) is 9.22. The molecule has 0 fully saturated rings. The van der Waals surface area contributed by atoms with E-state index in [1.807, 2.05) is 50.2 Å². The van der Waals surface area contributed by atoms with Crippen LogP contribution in [0.3, 0.4) is 0 Å². The Hall–Kier alpha value is -2.47. The average Bonchev–Trinajstić information content (AvgIpc) is 2.70. The molecule has 0 aliphatic heterocycles. The third kappa shape index (κ3) is 9.47. The normalized spacial score (nSPS) is 13.4. The fourth-order valence-electron chi connectivity index (χ4n) is 3.02. The summed E-state index contributed by atoms with van der Waals surface area (Å²) in [5.74, 6) is 0.448. The lowest BCUT2D eigenvalue weighted by atomic mass is 10.0. The first-order chi connectivity index (χ1) is 14.6. The molecule has 0 aliphatic carbocycles. The van der Waals surface area contributed by atoms with Crippen LogP contribution >= 0.6 is 11.8 Å². The second-order valence-corrected chi connectivity index (χ2v) is 9.98. The highest BCUT2D eigenvalue weighted by atomic mass is 32.2. The molecule has 2 N–H and O–H groups in total. The summed E-state index contributed by atoms with van der Waals surface area (Å²) in [7, 11) is 0. The van der Waals surface area contributed by atoms with Crippen LogP contribution < -0.4 is 10.6 Å². The van der Waals surface area contributed by atoms with Gasteiger partial charge < -0.3 is 15.4 Å². The number of carbonyl (C=O) groups is 2. The quantitative estimate of drug-likeness (QED) is 0.533. The first-order valence-corrected chi connectivity index (χ1v) is 11.6. The molecule has 0 spiro atoms. The molecule has 168 valence electrons. The van der Waals surface area contributed by atoms with E-state index in [0.29, 0.717) is 6.42 Å². The standard InChI is InChI=1S/C25H34N2O3S/c1-18(2)22(27-24(29)30-25(3,4)5)23(28)26-20(16-19-12-8-6-9-13-19)17-31-21-14-10-7-11-15-21/h6-15,18,20,22H,16-17H2,1-5H3,(H,26,28)(H,27,29)/t20-,22-/m0/s1. The van der Waals surface area contributed by atoms with Gasteiger partial charge in [0.1, 0.15) is 11.6 Å². The number of benzene rings is 2. The molecule has 6 heteroatoms. The number of alkyl carbamates (subject to hydrolysis) is 1. The molecule has 0 saturated heterocycles. The number of ether oxygens (including phenoxy) is 1. The third-order valence-electron chi connectivity index (χ3n) is 4.49. The molecule has 0 radical (unpaired) electrons. The molecule has 2 amide bonds. The fourth-order valence-corrected chi connectivity index (χ4v) is 3.97. The smallest absolute Gasteiger partial charge is 0.408 e. The molecule has 0 bridgehead atoms. The molecule has 2 atom stereocenters. The molecule has 0 aromatic heterocycles. The minimum atomic E-state index is -0.671. The van der Waals surface area contributed by atoms with Crippen molar-refractivity contribution in [1.29, 1.82) is 0 Å². The Morgan fingerprint density at radius 1 is 0.935 bits per heavy atom. The molecule has 2 aromatic rings. The zero-order chi connectivity index (χ0) is 22.9. The van der Waals surface area contributed by atoms with Crippen molar-refractivity contribution in [3.63, 3.8) is 0 Å². The Kier molecular flexibility index (Phi) is 9.44. The van der Waals surface area contributed by atoms with Crippen LogP contribution in [0.2, 0.25) is 0 Å². The number of nitrogens with one attached hydrogen (secondary N) is 2. The third-order valence-corrected chi connectivity index (χ3v) is 5.66. The Morgan fingerprint density at radius 3 is 2.06 bits per heavy atom. The largest absolute Gasteiger partial charge is 0.444 e. The molecule has 0 unspecified atom stereocenters. The van der Waals surface area contributed by atoms with Gasteiger partial charge >= 0.3 is 6.09 Å². The number of rotatable bonds is 9. The SMILES string of the molecule is CC(C)[C@H](NC(=O)OC(C)(C)C)C(=O)N[C@H](CSc1ccccc1)Cc1ccccc1. The van der Waals surface area contributed by atoms with Crippen LogP contribution in [0, 0.1) is 5.92 Å². The van der Waals surface area contributed by atoms with Crippen molar-refractivity contribution < 1.29 is 14.3 Å². The van der Waals surface area contributed by atoms with E-state index < -0.39 is 17.7 Å². The molecule has 0 heterocycles. The van der Waals surface area contributed by atoms with Gasteiger partial charge in [-0.15, -0.1) is 11.8 Å². The first-order valence-electron chi connectivity index (χ1n) is 10.7. The maximum absolute atomic E-state index is 13.1. The van der Waals surface area contributed by atoms with E-state index in [0.717, 1.165) is 16.2 Å². The fraction of sp³-hybridized carbons (Fsp3) is 0.440. The van der Waals surface area contributed by atoms with Crippen LogP contribution in [0.15, 0.2) is 65.6 Å². The van der Waals surface area contributed by atoms with Gasteiger partial charge in [0, 0.05) is 16.7 Å². The molecule has 2 aromatic carbocycles. The van der Waals surface area contributed by atoms with Gasteiger partial charge in [0.25, 0.3) is 0 Å². The van der Waals surface area contributed by atoms with Crippen LogP contribution in [0.1, 0.15) is 40.2 Å². The van der Waals surface area contributed by atoms with Crippen LogP contribution in [-0.4, -0.2) is 35.4 Å². The highest BCUT2D eigenvalue weighted by Gasteiger charge is 2.28. The van der Waals surface area contributed by atoms with Crippen LogP contribution in [-0.2, 0) is 16.0 Å². The van der Waals surface area contributed by atoms with Crippen molar-refractivity contribution in [2.24, 2.45) is 5.92 Å². The predicted octanol–water partition coefficient (Wildman–Crippen LogP) is 5.06. The van der Waals surface area contributed by atoms with Crippen molar-refractivity contribution in [1.82, 2.24) is 10.6 Å². The van der Waals surface area contributed by atoms with Crippen molar-refractivity contribution >= 4 is 23.8 Å². The van der Waals surface area contributed by atoms with Crippen molar-refractivity contribution in [2.75, 3.05) is 5.75 Å². The van der Waals surface area contributed by atoms with E-state index >= 15 is 0 Å². The van der Waals surface area contributed by atoms with Crippen molar-refractivity contribution in [3.05, 3.63) is 66.2 Å². The van der Waals surface area contributed by atoms with Gasteiger partial charge in [-0.3, -0.25) is 4.79 Å². The molecule has 2 rings (SSSR count). The minimum Gasteiger partial charge on any atom is -0.444 e. The monoisotopic (exact) mass is 442 g/mol. The number of hydrogen-bond donors (Lipinski definition) is 2. The van der Waals surface area contributed by atoms with Gasteiger partial charge in [-0.2, -0.15) is 0 Å². The zero-order valence-electron chi connectivity index (χ0n) is 19.1. The summed E-state index contributed by atoms with van der Waals surface area (Å²) in [6, 6.07) is 19.5.